The third kappa shape index (κ3) is 5.61. The van der Waals surface area contributed by atoms with Gasteiger partial charge in [-0.15, -0.1) is 0 Å². The van der Waals surface area contributed by atoms with Crippen molar-refractivity contribution in [1.29, 1.82) is 5.26 Å². The molecule has 0 aliphatic rings. The smallest absolute Gasteiger partial charge is 0.343 e. The van der Waals surface area contributed by atoms with E-state index in [1.54, 1.807) is 66.7 Å². The van der Waals surface area contributed by atoms with Crippen molar-refractivity contribution in [3.05, 3.63) is 99.5 Å². The van der Waals surface area contributed by atoms with Crippen LogP contribution in [0, 0.1) is 11.3 Å². The summed E-state index contributed by atoms with van der Waals surface area (Å²) in [5.41, 5.74) is 4.45. The van der Waals surface area contributed by atoms with Gasteiger partial charge in [-0.05, 0) is 72.3 Å². The minimum Gasteiger partial charge on any atom is -0.423 e. The first-order valence-electron chi connectivity index (χ1n) is 8.46. The molecule has 0 atom stereocenters. The Hall–Kier alpha value is -3.76. The maximum absolute atomic E-state index is 12.1. The van der Waals surface area contributed by atoms with Crippen molar-refractivity contribution in [2.24, 2.45) is 5.10 Å². The fourth-order valence-electron chi connectivity index (χ4n) is 2.33. The Morgan fingerprint density at radius 3 is 2.38 bits per heavy atom. The van der Waals surface area contributed by atoms with E-state index in [1.807, 2.05) is 12.1 Å². The van der Waals surface area contributed by atoms with Gasteiger partial charge in [0.05, 0.1) is 23.4 Å². The Bertz CT molecular complexity index is 1100. The summed E-state index contributed by atoms with van der Waals surface area (Å²) in [6.45, 7) is 0. The van der Waals surface area contributed by atoms with Crippen molar-refractivity contribution in [2.75, 3.05) is 0 Å². The van der Waals surface area contributed by atoms with Crippen molar-refractivity contribution in [1.82, 2.24) is 5.43 Å². The number of esters is 1. The molecule has 1 amide bonds. The molecule has 3 aromatic carbocycles. The van der Waals surface area contributed by atoms with E-state index in [-0.39, 0.29) is 5.91 Å². The second-order valence-corrected chi connectivity index (χ2v) is 6.77. The average molecular weight is 448 g/mol. The van der Waals surface area contributed by atoms with Crippen molar-refractivity contribution < 1.29 is 14.3 Å². The second-order valence-electron chi connectivity index (χ2n) is 5.86. The van der Waals surface area contributed by atoms with Gasteiger partial charge < -0.3 is 4.74 Å². The summed E-state index contributed by atoms with van der Waals surface area (Å²) in [7, 11) is 0. The number of nitrogens with one attached hydrogen (secondary N) is 1. The van der Waals surface area contributed by atoms with Crippen LogP contribution in [0.1, 0.15) is 31.8 Å². The van der Waals surface area contributed by atoms with E-state index in [9.17, 15) is 9.59 Å². The van der Waals surface area contributed by atoms with Crippen LogP contribution in [0.15, 0.2) is 82.4 Å². The Labute approximate surface area is 175 Å². The molecule has 0 saturated heterocycles. The molecule has 0 saturated carbocycles. The zero-order valence-corrected chi connectivity index (χ0v) is 16.6. The lowest BCUT2D eigenvalue weighted by Crippen LogP contribution is -2.17. The molecule has 7 heteroatoms. The van der Waals surface area contributed by atoms with Gasteiger partial charge in [0.1, 0.15) is 5.75 Å². The molecule has 0 aromatic heterocycles. The number of benzene rings is 3. The molecule has 6 nitrogen and oxygen atoms in total. The first-order chi connectivity index (χ1) is 14.0. The van der Waals surface area contributed by atoms with E-state index in [4.69, 9.17) is 10.00 Å². The van der Waals surface area contributed by atoms with E-state index in [1.165, 1.54) is 6.21 Å². The molecule has 3 rings (SSSR count). The quantitative estimate of drug-likeness (QED) is 0.273. The number of amides is 1. The Morgan fingerprint density at radius 2 is 1.72 bits per heavy atom. The van der Waals surface area contributed by atoms with Crippen LogP contribution in [0.2, 0.25) is 0 Å². The molecule has 29 heavy (non-hydrogen) atoms. The van der Waals surface area contributed by atoms with Gasteiger partial charge >= 0.3 is 5.97 Å². The number of halogens is 1. The number of hydrazone groups is 1. The van der Waals surface area contributed by atoms with Gasteiger partial charge in [0.2, 0.25) is 0 Å². The fraction of sp³-hybridized carbons (Fsp3) is 0. The van der Waals surface area contributed by atoms with Gasteiger partial charge in [-0.2, -0.15) is 10.4 Å². The number of hydrogen-bond acceptors (Lipinski definition) is 5. The molecule has 0 spiro atoms. The molecule has 0 aliphatic heterocycles. The summed E-state index contributed by atoms with van der Waals surface area (Å²) >= 11 is 3.32. The van der Waals surface area contributed by atoms with Gasteiger partial charge in [-0.25, -0.2) is 10.2 Å². The predicted molar refractivity (Wildman–Crippen MR) is 112 cm³/mol. The molecule has 0 aliphatic carbocycles. The van der Waals surface area contributed by atoms with Crippen LogP contribution in [0.4, 0.5) is 0 Å². The highest BCUT2D eigenvalue weighted by atomic mass is 79.9. The number of rotatable bonds is 5. The SMILES string of the molecule is N#Cc1ccc(C(=O)N/N=C\c2ccc(OC(=O)c3cccc(Br)c3)cc2)cc1. The molecular formula is C22H14BrN3O3. The molecule has 0 unspecified atom stereocenters. The summed E-state index contributed by atoms with van der Waals surface area (Å²) in [5.74, 6) is -0.443. The number of hydrogen-bond donors (Lipinski definition) is 1. The van der Waals surface area contributed by atoms with Gasteiger partial charge in [-0.1, -0.05) is 22.0 Å². The van der Waals surface area contributed by atoms with Crippen LogP contribution in [-0.2, 0) is 0 Å². The lowest BCUT2D eigenvalue weighted by Gasteiger charge is -2.05. The lowest BCUT2D eigenvalue weighted by atomic mass is 10.1. The van der Waals surface area contributed by atoms with E-state index in [2.05, 4.69) is 26.5 Å². The highest BCUT2D eigenvalue weighted by Crippen LogP contribution is 2.16. The van der Waals surface area contributed by atoms with Gasteiger partial charge in [0, 0.05) is 10.0 Å². The second kappa shape index (κ2) is 9.44. The standard InChI is InChI=1S/C22H14BrN3O3/c23-19-3-1-2-18(12-19)22(28)29-20-10-6-16(7-11-20)14-25-26-21(27)17-8-4-15(13-24)5-9-17/h1-12,14H,(H,26,27)/b25-14-. The van der Waals surface area contributed by atoms with Crippen LogP contribution in [0.25, 0.3) is 0 Å². The van der Waals surface area contributed by atoms with E-state index >= 15 is 0 Å². The largest absolute Gasteiger partial charge is 0.423 e. The van der Waals surface area contributed by atoms with Crippen LogP contribution in [-0.4, -0.2) is 18.1 Å². The van der Waals surface area contributed by atoms with E-state index < -0.39 is 5.97 Å². The molecule has 1 N–H and O–H groups in total. The molecule has 0 bridgehead atoms. The first kappa shape index (κ1) is 20.0. The average Bonchev–Trinajstić information content (AvgIpc) is 2.75. The predicted octanol–water partition coefficient (Wildman–Crippen LogP) is 4.30. The molecule has 0 fully saturated rings. The normalized spacial score (nSPS) is 10.3. The van der Waals surface area contributed by atoms with Crippen LogP contribution in [0.3, 0.4) is 0 Å². The lowest BCUT2D eigenvalue weighted by molar-refractivity contribution is 0.0734. The monoisotopic (exact) mass is 447 g/mol. The van der Waals surface area contributed by atoms with Crippen LogP contribution >= 0.6 is 15.9 Å². The molecule has 0 heterocycles. The molecule has 142 valence electrons. The zero-order valence-electron chi connectivity index (χ0n) is 15.0. The number of nitriles is 1. The molecule has 0 radical (unpaired) electrons. The third-order valence-electron chi connectivity index (χ3n) is 3.81. The van der Waals surface area contributed by atoms with Gasteiger partial charge in [-0.3, -0.25) is 4.79 Å². The Morgan fingerprint density at radius 1 is 1.00 bits per heavy atom. The summed E-state index contributed by atoms with van der Waals surface area (Å²) in [4.78, 5) is 24.1. The van der Waals surface area contributed by atoms with Crippen molar-refractivity contribution >= 4 is 34.0 Å². The van der Waals surface area contributed by atoms with Crippen molar-refractivity contribution in [3.8, 4) is 11.8 Å². The maximum atomic E-state index is 12.1. The minimum absolute atomic E-state index is 0.384. The summed E-state index contributed by atoms with van der Waals surface area (Å²) in [6.07, 6.45) is 1.47. The van der Waals surface area contributed by atoms with E-state index in [0.29, 0.717) is 28.0 Å². The molecule has 3 aromatic rings. The Balaban J connectivity index is 1.56. The maximum Gasteiger partial charge on any atom is 0.343 e. The number of nitrogens with zero attached hydrogens (tertiary/aromatic N) is 2. The minimum atomic E-state index is -0.456. The Kier molecular flexibility index (Phi) is 6.51. The third-order valence-corrected chi connectivity index (χ3v) is 4.30. The van der Waals surface area contributed by atoms with Crippen molar-refractivity contribution in [2.45, 2.75) is 0 Å². The van der Waals surface area contributed by atoms with Gasteiger partial charge in [0.15, 0.2) is 0 Å². The first-order valence-corrected chi connectivity index (χ1v) is 9.26. The zero-order chi connectivity index (χ0) is 20.6. The molecular weight excluding hydrogens is 434 g/mol. The topological polar surface area (TPSA) is 91.6 Å². The summed E-state index contributed by atoms with van der Waals surface area (Å²) in [5, 5.41) is 12.7. The highest BCUT2D eigenvalue weighted by molar-refractivity contribution is 9.10. The fourth-order valence-corrected chi connectivity index (χ4v) is 2.73. The number of carbonyl (C=O) groups is 2. The highest BCUT2D eigenvalue weighted by Gasteiger charge is 2.09. The number of carbonyl (C=O) groups excluding carboxylic acids is 2. The van der Waals surface area contributed by atoms with Gasteiger partial charge in [0.25, 0.3) is 5.91 Å². The van der Waals surface area contributed by atoms with Crippen LogP contribution in [0.5, 0.6) is 5.75 Å². The summed E-state index contributed by atoms with van der Waals surface area (Å²) in [6, 6.07) is 21.9. The van der Waals surface area contributed by atoms with E-state index in [0.717, 1.165) is 4.47 Å². The van der Waals surface area contributed by atoms with Crippen molar-refractivity contribution in [3.63, 3.8) is 0 Å². The summed E-state index contributed by atoms with van der Waals surface area (Å²) < 4.78 is 6.13. The van der Waals surface area contributed by atoms with Crippen LogP contribution < -0.4 is 10.2 Å². The number of ether oxygens (including phenoxy) is 1.